The Kier molecular flexibility index (Phi) is 8.63. The first-order valence-electron chi connectivity index (χ1n) is 15.2. The fraction of sp³-hybridized carbons (Fsp3) is 0.324. The molecule has 7 nitrogen and oxygen atoms in total. The number of furan rings is 1. The highest BCUT2D eigenvalue weighted by Gasteiger charge is 2.25. The Labute approximate surface area is 257 Å². The van der Waals surface area contributed by atoms with Gasteiger partial charge in [-0.15, -0.1) is 0 Å². The van der Waals surface area contributed by atoms with Gasteiger partial charge in [-0.2, -0.15) is 5.26 Å². The first-order valence-corrected chi connectivity index (χ1v) is 15.2. The number of Topliss-reactive ketones (excluding diaryl/α,β-unsaturated/α-hetero) is 1. The van der Waals surface area contributed by atoms with Crippen LogP contribution in [0.5, 0.6) is 11.5 Å². The van der Waals surface area contributed by atoms with Gasteiger partial charge in [-0.1, -0.05) is 36.9 Å². The molecular weight excluding hydrogens is 552 g/mol. The maximum Gasteiger partial charge on any atom is 0.163 e. The molecule has 44 heavy (non-hydrogen) atoms. The molecule has 2 aliphatic carbocycles. The molecule has 0 radical (unpaired) electrons. The van der Waals surface area contributed by atoms with Gasteiger partial charge in [-0.3, -0.25) is 4.79 Å². The number of fused-ring (bicyclic) bond motifs is 1. The van der Waals surface area contributed by atoms with E-state index in [1.165, 1.54) is 0 Å². The van der Waals surface area contributed by atoms with Crippen molar-refractivity contribution in [2.24, 2.45) is 5.92 Å². The fourth-order valence-corrected chi connectivity index (χ4v) is 6.16. The van der Waals surface area contributed by atoms with Crippen LogP contribution >= 0.6 is 0 Å². The zero-order valence-corrected chi connectivity index (χ0v) is 25.0. The van der Waals surface area contributed by atoms with Gasteiger partial charge >= 0.3 is 0 Å². The van der Waals surface area contributed by atoms with Gasteiger partial charge in [0.1, 0.15) is 35.2 Å². The topological polar surface area (TPSA) is 106 Å². The van der Waals surface area contributed by atoms with Crippen molar-refractivity contribution < 1.29 is 23.4 Å². The summed E-state index contributed by atoms with van der Waals surface area (Å²) in [5.74, 6) is 2.76. The van der Waals surface area contributed by atoms with Crippen molar-refractivity contribution in [2.45, 2.75) is 51.0 Å². The van der Waals surface area contributed by atoms with E-state index in [0.717, 1.165) is 72.1 Å². The van der Waals surface area contributed by atoms with Gasteiger partial charge in [0.25, 0.3) is 0 Å². The molecule has 0 amide bonds. The Hall–Kier alpha value is -4.67. The van der Waals surface area contributed by atoms with Gasteiger partial charge in [0.2, 0.25) is 0 Å². The molecule has 0 bridgehead atoms. The SMILES string of the molecule is C=C1C=CC=C(c2ccc(OC3CCOCC3)c(C#N)c2)c2oc(-c3ccc(C(=O)CC4CCC(=N)CC4)cc3OC)cc21. The van der Waals surface area contributed by atoms with E-state index in [2.05, 4.69) is 12.6 Å². The third-order valence-corrected chi connectivity index (χ3v) is 8.73. The Bertz CT molecular complexity index is 1700. The molecule has 1 aromatic heterocycles. The van der Waals surface area contributed by atoms with Crippen LogP contribution < -0.4 is 9.47 Å². The van der Waals surface area contributed by atoms with Crippen LogP contribution in [-0.2, 0) is 4.74 Å². The van der Waals surface area contributed by atoms with Crippen molar-refractivity contribution in [2.75, 3.05) is 20.3 Å². The van der Waals surface area contributed by atoms with Crippen LogP contribution in [0.15, 0.2) is 71.7 Å². The number of nitriles is 1. The summed E-state index contributed by atoms with van der Waals surface area (Å²) in [6, 6.07) is 15.4. The summed E-state index contributed by atoms with van der Waals surface area (Å²) >= 11 is 0. The van der Waals surface area contributed by atoms with Crippen LogP contribution in [0.25, 0.3) is 22.5 Å². The molecule has 6 rings (SSSR count). The van der Waals surface area contributed by atoms with E-state index < -0.39 is 0 Å². The number of hydrogen-bond donors (Lipinski definition) is 1. The molecule has 224 valence electrons. The van der Waals surface area contributed by atoms with Gasteiger partial charge in [-0.25, -0.2) is 0 Å². The molecule has 1 saturated carbocycles. The Morgan fingerprint density at radius 3 is 2.59 bits per heavy atom. The van der Waals surface area contributed by atoms with Crippen molar-refractivity contribution in [3.8, 4) is 28.9 Å². The monoisotopic (exact) mass is 588 g/mol. The van der Waals surface area contributed by atoms with Crippen LogP contribution in [0.2, 0.25) is 0 Å². The highest BCUT2D eigenvalue weighted by Crippen LogP contribution is 2.42. The lowest BCUT2D eigenvalue weighted by Gasteiger charge is -2.24. The van der Waals surface area contributed by atoms with Crippen molar-refractivity contribution in [3.63, 3.8) is 0 Å². The number of nitrogens with zero attached hydrogens (tertiary/aromatic N) is 1. The first kappa shape index (κ1) is 29.4. The third kappa shape index (κ3) is 6.17. The lowest BCUT2D eigenvalue weighted by Crippen LogP contribution is -2.26. The number of ether oxygens (including phenoxy) is 3. The van der Waals surface area contributed by atoms with Crippen molar-refractivity contribution in [1.29, 1.82) is 10.7 Å². The Morgan fingerprint density at radius 2 is 1.84 bits per heavy atom. The Morgan fingerprint density at radius 1 is 1.05 bits per heavy atom. The fourth-order valence-electron chi connectivity index (χ4n) is 6.16. The minimum atomic E-state index is 0.0313. The largest absolute Gasteiger partial charge is 0.496 e. The highest BCUT2D eigenvalue weighted by molar-refractivity contribution is 5.98. The normalized spacial score (nSPS) is 18.6. The lowest BCUT2D eigenvalue weighted by atomic mass is 9.84. The lowest BCUT2D eigenvalue weighted by molar-refractivity contribution is 0.0254. The van der Waals surface area contributed by atoms with E-state index in [4.69, 9.17) is 24.0 Å². The minimum Gasteiger partial charge on any atom is -0.496 e. The van der Waals surface area contributed by atoms with Crippen LogP contribution in [0, 0.1) is 22.7 Å². The summed E-state index contributed by atoms with van der Waals surface area (Å²) in [6.07, 6.45) is 11.3. The summed E-state index contributed by atoms with van der Waals surface area (Å²) in [7, 11) is 1.59. The van der Waals surface area contributed by atoms with E-state index in [-0.39, 0.29) is 11.9 Å². The molecule has 3 aromatic rings. The molecule has 2 heterocycles. The van der Waals surface area contributed by atoms with E-state index in [0.29, 0.717) is 59.7 Å². The molecule has 0 atom stereocenters. The van der Waals surface area contributed by atoms with E-state index >= 15 is 0 Å². The number of hydrogen-bond acceptors (Lipinski definition) is 7. The van der Waals surface area contributed by atoms with Gasteiger partial charge in [-0.05, 0) is 73.1 Å². The van der Waals surface area contributed by atoms with Crippen molar-refractivity contribution >= 4 is 22.6 Å². The van der Waals surface area contributed by atoms with Crippen molar-refractivity contribution in [1.82, 2.24) is 0 Å². The van der Waals surface area contributed by atoms with Crippen LogP contribution in [0.1, 0.15) is 77.8 Å². The van der Waals surface area contributed by atoms with Crippen molar-refractivity contribution in [3.05, 3.63) is 95.3 Å². The first-order chi connectivity index (χ1) is 21.4. The third-order valence-electron chi connectivity index (χ3n) is 8.73. The number of nitrogens with one attached hydrogen (secondary N) is 1. The summed E-state index contributed by atoms with van der Waals surface area (Å²) in [5, 5.41) is 17.8. The average Bonchev–Trinajstić information content (AvgIpc) is 3.43. The number of ketones is 1. The van der Waals surface area contributed by atoms with Crippen LogP contribution in [0.4, 0.5) is 0 Å². The summed E-state index contributed by atoms with van der Waals surface area (Å²) in [5.41, 5.74) is 5.88. The molecule has 2 fully saturated rings. The molecule has 2 aromatic carbocycles. The minimum absolute atomic E-state index is 0.0313. The van der Waals surface area contributed by atoms with E-state index in [1.807, 2.05) is 54.6 Å². The van der Waals surface area contributed by atoms with Gasteiger partial charge < -0.3 is 24.0 Å². The maximum atomic E-state index is 13.1. The summed E-state index contributed by atoms with van der Waals surface area (Å²) in [4.78, 5) is 13.1. The summed E-state index contributed by atoms with van der Waals surface area (Å²) < 4.78 is 23.9. The molecule has 0 unspecified atom stereocenters. The van der Waals surface area contributed by atoms with Crippen LogP contribution in [0.3, 0.4) is 0 Å². The van der Waals surface area contributed by atoms with Crippen LogP contribution in [-0.4, -0.2) is 37.9 Å². The smallest absolute Gasteiger partial charge is 0.163 e. The molecule has 1 saturated heterocycles. The number of carbonyl (C=O) groups excluding carboxylic acids is 1. The van der Waals surface area contributed by atoms with Gasteiger partial charge in [0.15, 0.2) is 5.78 Å². The standard InChI is InChI=1S/C37H36N2O5/c1-23-4-3-5-30(25-9-13-34(27(19-25)22-38)43-29-14-16-42-17-15-29)37-32(23)21-36(44-37)31-12-8-26(20-35(31)41-2)33(40)18-24-6-10-28(39)11-7-24/h3-5,8-9,12-13,19-21,24,29,39H,1,6-7,10-11,14-18H2,2H3. The Balaban J connectivity index is 1.28. The zero-order chi connectivity index (χ0) is 30.6. The molecule has 3 aliphatic rings. The second-order valence-electron chi connectivity index (χ2n) is 11.7. The molecule has 1 aliphatic heterocycles. The van der Waals surface area contributed by atoms with E-state index in [9.17, 15) is 10.1 Å². The number of methoxy groups -OCH3 is 1. The second kappa shape index (κ2) is 12.9. The van der Waals surface area contributed by atoms with Gasteiger partial charge in [0, 0.05) is 41.7 Å². The summed E-state index contributed by atoms with van der Waals surface area (Å²) in [6.45, 7) is 5.57. The number of benzene rings is 2. The number of rotatable bonds is 8. The predicted octanol–water partition coefficient (Wildman–Crippen LogP) is 8.18. The second-order valence-corrected chi connectivity index (χ2v) is 11.7. The maximum absolute atomic E-state index is 13.1. The van der Waals surface area contributed by atoms with E-state index in [1.54, 1.807) is 13.2 Å². The molecule has 1 N–H and O–H groups in total. The molecule has 0 spiro atoms. The molecular formula is C37H36N2O5. The molecule has 7 heteroatoms. The highest BCUT2D eigenvalue weighted by atomic mass is 16.5. The predicted molar refractivity (Wildman–Crippen MR) is 170 cm³/mol. The average molecular weight is 589 g/mol. The quantitative estimate of drug-likeness (QED) is 0.266. The zero-order valence-electron chi connectivity index (χ0n) is 25.0. The number of carbonyl (C=O) groups is 1. The van der Waals surface area contributed by atoms with Gasteiger partial charge in [0.05, 0.1) is 31.5 Å². The number of allylic oxidation sites excluding steroid dienone is 4.